The van der Waals surface area contributed by atoms with Crippen LogP contribution in [0.5, 0.6) is 5.75 Å². The van der Waals surface area contributed by atoms with Crippen LogP contribution in [0.1, 0.15) is 18.4 Å². The number of methoxy groups -OCH3 is 1. The molecule has 1 heterocycles. The Morgan fingerprint density at radius 1 is 1.57 bits per heavy atom. The van der Waals surface area contributed by atoms with E-state index in [-0.39, 0.29) is 17.7 Å². The maximum atomic E-state index is 12.4. The lowest BCUT2D eigenvalue weighted by Gasteiger charge is -2.32. The quantitative estimate of drug-likeness (QED) is 0.378. The van der Waals surface area contributed by atoms with Gasteiger partial charge in [0.05, 0.1) is 13.5 Å². The first-order chi connectivity index (χ1) is 10.1. The van der Waals surface area contributed by atoms with Crippen molar-refractivity contribution in [2.45, 2.75) is 19.3 Å². The van der Waals surface area contributed by atoms with Gasteiger partial charge in [-0.3, -0.25) is 4.79 Å². The molecule has 21 heavy (non-hydrogen) atoms. The SMILES string of the molecule is COc1cccc(CC(=O)N2CCCC(C(N)=NO)C2)c1. The van der Waals surface area contributed by atoms with Gasteiger partial charge >= 0.3 is 0 Å². The zero-order chi connectivity index (χ0) is 15.2. The Hall–Kier alpha value is -2.24. The second kappa shape index (κ2) is 6.97. The molecule has 6 heteroatoms. The number of benzene rings is 1. The fourth-order valence-corrected chi connectivity index (χ4v) is 2.60. The van der Waals surface area contributed by atoms with Gasteiger partial charge in [-0.2, -0.15) is 0 Å². The number of nitrogens with two attached hydrogens (primary N) is 1. The fraction of sp³-hybridized carbons (Fsp3) is 0.467. The number of carbonyl (C=O) groups is 1. The standard InChI is InChI=1S/C15H21N3O3/c1-21-13-6-2-4-11(8-13)9-14(19)18-7-3-5-12(10-18)15(16)17-20/h2,4,6,8,12,20H,3,5,7,9-10H2,1H3,(H2,16,17). The molecule has 6 nitrogen and oxygen atoms in total. The van der Waals surface area contributed by atoms with E-state index in [9.17, 15) is 4.79 Å². The summed E-state index contributed by atoms with van der Waals surface area (Å²) in [6, 6.07) is 7.49. The summed E-state index contributed by atoms with van der Waals surface area (Å²) in [5, 5.41) is 11.8. The van der Waals surface area contributed by atoms with Crippen molar-refractivity contribution in [3.05, 3.63) is 29.8 Å². The zero-order valence-electron chi connectivity index (χ0n) is 12.2. The average molecular weight is 291 g/mol. The van der Waals surface area contributed by atoms with E-state index >= 15 is 0 Å². The smallest absolute Gasteiger partial charge is 0.227 e. The topological polar surface area (TPSA) is 88.2 Å². The minimum absolute atomic E-state index is 0.0543. The normalized spacial score (nSPS) is 19.4. The van der Waals surface area contributed by atoms with Gasteiger partial charge in [0.2, 0.25) is 5.91 Å². The number of amidine groups is 1. The summed E-state index contributed by atoms with van der Waals surface area (Å²) in [4.78, 5) is 14.1. The van der Waals surface area contributed by atoms with Crippen molar-refractivity contribution in [2.75, 3.05) is 20.2 Å². The molecule has 2 rings (SSSR count). The minimum atomic E-state index is -0.0574. The zero-order valence-corrected chi connectivity index (χ0v) is 12.2. The first kappa shape index (κ1) is 15.2. The van der Waals surface area contributed by atoms with E-state index in [4.69, 9.17) is 15.7 Å². The predicted molar refractivity (Wildman–Crippen MR) is 79.4 cm³/mol. The molecule has 0 spiro atoms. The molecule has 0 aromatic heterocycles. The summed E-state index contributed by atoms with van der Waals surface area (Å²) >= 11 is 0. The Balaban J connectivity index is 1.99. The van der Waals surface area contributed by atoms with Gasteiger partial charge in [0.1, 0.15) is 11.6 Å². The first-order valence-corrected chi connectivity index (χ1v) is 7.02. The highest BCUT2D eigenvalue weighted by Gasteiger charge is 2.26. The number of oxime groups is 1. The van der Waals surface area contributed by atoms with Crippen LogP contribution in [-0.2, 0) is 11.2 Å². The molecule has 3 N–H and O–H groups in total. The molecule has 0 saturated carbocycles. The Bertz CT molecular complexity index is 531. The third kappa shape index (κ3) is 3.87. The van der Waals surface area contributed by atoms with Crippen molar-refractivity contribution < 1.29 is 14.7 Å². The third-order valence-corrected chi connectivity index (χ3v) is 3.80. The molecule has 1 aromatic rings. The average Bonchev–Trinajstić information content (AvgIpc) is 2.54. The molecule has 1 atom stereocenters. The number of ether oxygens (including phenoxy) is 1. The van der Waals surface area contributed by atoms with E-state index in [2.05, 4.69) is 5.16 Å². The monoisotopic (exact) mass is 291 g/mol. The molecule has 0 bridgehead atoms. The molecule has 1 amide bonds. The number of hydrogen-bond acceptors (Lipinski definition) is 4. The fourth-order valence-electron chi connectivity index (χ4n) is 2.60. The Morgan fingerprint density at radius 3 is 3.10 bits per heavy atom. The molecule has 1 aliphatic heterocycles. The number of amides is 1. The van der Waals surface area contributed by atoms with E-state index in [1.54, 1.807) is 12.0 Å². The van der Waals surface area contributed by atoms with Gasteiger partial charge in [-0.15, -0.1) is 0 Å². The van der Waals surface area contributed by atoms with Gasteiger partial charge in [-0.05, 0) is 30.5 Å². The van der Waals surface area contributed by atoms with Gasteiger partial charge in [-0.1, -0.05) is 17.3 Å². The Morgan fingerprint density at radius 2 is 2.38 bits per heavy atom. The van der Waals surface area contributed by atoms with Crippen LogP contribution >= 0.6 is 0 Å². The molecule has 114 valence electrons. The number of nitrogens with zero attached hydrogens (tertiary/aromatic N) is 2. The van der Waals surface area contributed by atoms with Crippen molar-refractivity contribution in [1.29, 1.82) is 0 Å². The summed E-state index contributed by atoms with van der Waals surface area (Å²) in [5.41, 5.74) is 6.57. The summed E-state index contributed by atoms with van der Waals surface area (Å²) in [6.07, 6.45) is 2.05. The van der Waals surface area contributed by atoms with E-state index in [1.807, 2.05) is 24.3 Å². The lowest BCUT2D eigenvalue weighted by atomic mass is 9.96. The highest BCUT2D eigenvalue weighted by molar-refractivity contribution is 5.84. The van der Waals surface area contributed by atoms with E-state index in [0.29, 0.717) is 13.0 Å². The molecule has 0 radical (unpaired) electrons. The van der Waals surface area contributed by atoms with Gasteiger partial charge < -0.3 is 20.6 Å². The maximum Gasteiger partial charge on any atom is 0.227 e. The molecular weight excluding hydrogens is 270 g/mol. The largest absolute Gasteiger partial charge is 0.497 e. The van der Waals surface area contributed by atoms with Crippen molar-refractivity contribution in [3.8, 4) is 5.75 Å². The number of rotatable bonds is 4. The third-order valence-electron chi connectivity index (χ3n) is 3.80. The molecule has 1 aliphatic rings. The summed E-state index contributed by atoms with van der Waals surface area (Å²) in [5.74, 6) is 0.944. The van der Waals surface area contributed by atoms with E-state index < -0.39 is 0 Å². The van der Waals surface area contributed by atoms with Gasteiger partial charge in [0.25, 0.3) is 0 Å². The summed E-state index contributed by atoms with van der Waals surface area (Å²) < 4.78 is 5.16. The van der Waals surface area contributed by atoms with Crippen LogP contribution in [0.3, 0.4) is 0 Å². The first-order valence-electron chi connectivity index (χ1n) is 7.02. The van der Waals surface area contributed by atoms with Gasteiger partial charge in [-0.25, -0.2) is 0 Å². The lowest BCUT2D eigenvalue weighted by molar-refractivity contribution is -0.131. The van der Waals surface area contributed by atoms with Crippen LogP contribution < -0.4 is 10.5 Å². The summed E-state index contributed by atoms with van der Waals surface area (Å²) in [7, 11) is 1.60. The van der Waals surface area contributed by atoms with Crippen LogP contribution in [0, 0.1) is 5.92 Å². The molecule has 1 fully saturated rings. The second-order valence-electron chi connectivity index (χ2n) is 5.23. The highest BCUT2D eigenvalue weighted by Crippen LogP contribution is 2.19. The Labute approximate surface area is 124 Å². The lowest BCUT2D eigenvalue weighted by Crippen LogP contribution is -2.44. The molecule has 0 aliphatic carbocycles. The maximum absolute atomic E-state index is 12.4. The van der Waals surface area contributed by atoms with Gasteiger partial charge in [0.15, 0.2) is 0 Å². The second-order valence-corrected chi connectivity index (χ2v) is 5.23. The molecule has 1 saturated heterocycles. The Kier molecular flexibility index (Phi) is 5.03. The van der Waals surface area contributed by atoms with Crippen LogP contribution in [0.25, 0.3) is 0 Å². The van der Waals surface area contributed by atoms with Crippen LogP contribution in [0.2, 0.25) is 0 Å². The number of hydrogen-bond donors (Lipinski definition) is 2. The minimum Gasteiger partial charge on any atom is -0.497 e. The van der Waals surface area contributed by atoms with E-state index in [1.165, 1.54) is 0 Å². The van der Waals surface area contributed by atoms with Crippen molar-refractivity contribution >= 4 is 11.7 Å². The van der Waals surface area contributed by atoms with Crippen LogP contribution in [0.4, 0.5) is 0 Å². The molecule has 1 unspecified atom stereocenters. The van der Waals surface area contributed by atoms with Crippen molar-refractivity contribution in [1.82, 2.24) is 4.90 Å². The van der Waals surface area contributed by atoms with E-state index in [0.717, 1.165) is 30.7 Å². The predicted octanol–water partition coefficient (Wildman–Crippen LogP) is 1.22. The van der Waals surface area contributed by atoms with Gasteiger partial charge in [0, 0.05) is 19.0 Å². The van der Waals surface area contributed by atoms with Crippen LogP contribution in [-0.4, -0.2) is 42.0 Å². The molecule has 1 aromatic carbocycles. The highest BCUT2D eigenvalue weighted by atomic mass is 16.5. The van der Waals surface area contributed by atoms with Crippen molar-refractivity contribution in [3.63, 3.8) is 0 Å². The van der Waals surface area contributed by atoms with Crippen molar-refractivity contribution in [2.24, 2.45) is 16.8 Å². The number of carbonyl (C=O) groups excluding carboxylic acids is 1. The number of piperidine rings is 1. The number of likely N-dealkylation sites (tertiary alicyclic amines) is 1. The molecular formula is C15H21N3O3. The van der Waals surface area contributed by atoms with Crippen LogP contribution in [0.15, 0.2) is 29.4 Å². The summed E-state index contributed by atoms with van der Waals surface area (Å²) in [6.45, 7) is 1.23.